The van der Waals surface area contributed by atoms with Gasteiger partial charge < -0.3 is 31.9 Å². The van der Waals surface area contributed by atoms with Crippen molar-refractivity contribution in [1.82, 2.24) is 16.0 Å². The molecule has 0 saturated heterocycles. The number of thiol groups is 1. The molecule has 28 heavy (non-hydrogen) atoms. The predicted molar refractivity (Wildman–Crippen MR) is 103 cm³/mol. The fourth-order valence-corrected chi connectivity index (χ4v) is 2.30. The van der Waals surface area contributed by atoms with Gasteiger partial charge in [0.25, 0.3) is 0 Å². The molecule has 4 unspecified atom stereocenters. The summed E-state index contributed by atoms with van der Waals surface area (Å²) in [6.07, 6.45) is -0.139. The maximum atomic E-state index is 12.7. The largest absolute Gasteiger partial charge is 0.481 e. The molecule has 0 spiro atoms. The van der Waals surface area contributed by atoms with E-state index >= 15 is 0 Å². The van der Waals surface area contributed by atoms with Crippen molar-refractivity contribution in [3.63, 3.8) is 0 Å². The highest BCUT2D eigenvalue weighted by atomic mass is 32.1. The van der Waals surface area contributed by atoms with E-state index in [2.05, 4.69) is 28.6 Å². The van der Waals surface area contributed by atoms with Crippen molar-refractivity contribution < 1.29 is 34.2 Å². The summed E-state index contributed by atoms with van der Waals surface area (Å²) in [5, 5.41) is 24.5. The highest BCUT2D eigenvalue weighted by Crippen LogP contribution is 2.10. The van der Waals surface area contributed by atoms with Crippen LogP contribution in [0, 0.1) is 5.92 Å². The maximum absolute atomic E-state index is 12.7. The molecule has 0 aliphatic carbocycles. The number of nitrogens with two attached hydrogens (primary N) is 1. The van der Waals surface area contributed by atoms with E-state index in [0.29, 0.717) is 6.42 Å². The van der Waals surface area contributed by atoms with E-state index in [1.54, 1.807) is 13.8 Å². The highest BCUT2D eigenvalue weighted by molar-refractivity contribution is 7.80. The molecule has 0 aromatic rings. The Morgan fingerprint density at radius 1 is 1.00 bits per heavy atom. The topological polar surface area (TPSA) is 188 Å². The van der Waals surface area contributed by atoms with Gasteiger partial charge in [-0.1, -0.05) is 20.3 Å². The van der Waals surface area contributed by atoms with Gasteiger partial charge in [-0.05, 0) is 12.3 Å². The van der Waals surface area contributed by atoms with Gasteiger partial charge in [-0.3, -0.25) is 24.0 Å². The number of rotatable bonds is 13. The van der Waals surface area contributed by atoms with E-state index in [-0.39, 0.29) is 18.1 Å². The Bertz CT molecular complexity index is 587. The number of carboxylic acids is 2. The molecular weight excluding hydrogens is 392 g/mol. The molecule has 4 atom stereocenters. The summed E-state index contributed by atoms with van der Waals surface area (Å²) < 4.78 is 0. The van der Waals surface area contributed by atoms with E-state index in [4.69, 9.17) is 15.9 Å². The van der Waals surface area contributed by atoms with E-state index in [9.17, 15) is 24.0 Å². The summed E-state index contributed by atoms with van der Waals surface area (Å²) in [4.78, 5) is 58.2. The molecule has 0 aliphatic heterocycles. The first-order valence-corrected chi connectivity index (χ1v) is 9.35. The minimum Gasteiger partial charge on any atom is -0.481 e. The average molecular weight is 420 g/mol. The fourth-order valence-electron chi connectivity index (χ4n) is 2.13. The van der Waals surface area contributed by atoms with E-state index in [0.717, 1.165) is 0 Å². The SMILES string of the molecule is CCC(C)C(NC(=O)C(N)CS)C(=O)NC(CCC(=O)O)C(=O)NCC(=O)O. The number of carbonyl (C=O) groups excluding carboxylic acids is 3. The van der Waals surface area contributed by atoms with Gasteiger partial charge in [-0.25, -0.2) is 0 Å². The Morgan fingerprint density at radius 2 is 1.61 bits per heavy atom. The number of nitrogens with one attached hydrogen (secondary N) is 3. The zero-order valence-corrected chi connectivity index (χ0v) is 16.7. The van der Waals surface area contributed by atoms with Gasteiger partial charge in [0.15, 0.2) is 0 Å². The smallest absolute Gasteiger partial charge is 0.322 e. The maximum Gasteiger partial charge on any atom is 0.322 e. The summed E-state index contributed by atoms with van der Waals surface area (Å²) in [6, 6.07) is -3.21. The summed E-state index contributed by atoms with van der Waals surface area (Å²) in [5.74, 6) is -4.84. The second-order valence-electron chi connectivity index (χ2n) is 6.27. The zero-order chi connectivity index (χ0) is 21.9. The van der Waals surface area contributed by atoms with Crippen LogP contribution >= 0.6 is 12.6 Å². The number of aliphatic carboxylic acids is 2. The quantitative estimate of drug-likeness (QED) is 0.172. The fraction of sp³-hybridized carbons (Fsp3) is 0.688. The Labute approximate surface area is 168 Å². The number of hydrogen-bond donors (Lipinski definition) is 7. The number of carbonyl (C=O) groups is 5. The van der Waals surface area contributed by atoms with Crippen LogP contribution < -0.4 is 21.7 Å². The van der Waals surface area contributed by atoms with Crippen molar-refractivity contribution in [2.45, 2.75) is 51.2 Å². The second-order valence-corrected chi connectivity index (χ2v) is 6.63. The Kier molecular flexibility index (Phi) is 11.9. The lowest BCUT2D eigenvalue weighted by Crippen LogP contribution is -2.58. The molecule has 160 valence electrons. The molecule has 0 aliphatic rings. The van der Waals surface area contributed by atoms with Gasteiger partial charge in [0, 0.05) is 12.2 Å². The molecule has 0 heterocycles. The number of amides is 3. The molecule has 0 radical (unpaired) electrons. The third kappa shape index (κ3) is 9.55. The predicted octanol–water partition coefficient (Wildman–Crippen LogP) is -1.68. The molecule has 7 N–H and O–H groups in total. The Hall–Kier alpha value is -2.34. The normalized spacial score (nSPS) is 14.9. The lowest BCUT2D eigenvalue weighted by atomic mass is 9.97. The van der Waals surface area contributed by atoms with Crippen LogP contribution in [0.4, 0.5) is 0 Å². The minimum atomic E-state index is -1.29. The molecule has 3 amide bonds. The first-order chi connectivity index (χ1) is 13.0. The molecule has 0 saturated carbocycles. The summed E-state index contributed by atoms with van der Waals surface area (Å²) in [7, 11) is 0. The summed E-state index contributed by atoms with van der Waals surface area (Å²) in [6.45, 7) is 2.84. The molecule has 0 bridgehead atoms. The van der Waals surface area contributed by atoms with E-state index in [1.807, 2.05) is 0 Å². The van der Waals surface area contributed by atoms with Crippen LogP contribution in [-0.4, -0.2) is 70.3 Å². The molecule has 0 aromatic carbocycles. The van der Waals surface area contributed by atoms with E-state index < -0.39 is 60.8 Å². The standard InChI is InChI=1S/C16H28N4O7S/c1-3-8(2)13(20-14(25)9(17)7-28)16(27)19-10(4-5-11(21)22)15(26)18-6-12(23)24/h8-10,13,28H,3-7,17H2,1-2H3,(H,18,26)(H,19,27)(H,20,25)(H,21,22)(H,23,24). The van der Waals surface area contributed by atoms with Gasteiger partial charge in [0.05, 0.1) is 6.04 Å². The zero-order valence-electron chi connectivity index (χ0n) is 15.8. The highest BCUT2D eigenvalue weighted by Gasteiger charge is 2.31. The first kappa shape index (κ1) is 25.7. The molecule has 0 rings (SSSR count). The molecule has 11 nitrogen and oxygen atoms in total. The summed E-state index contributed by atoms with van der Waals surface area (Å²) >= 11 is 3.93. The van der Waals surface area contributed by atoms with Crippen LogP contribution in [0.1, 0.15) is 33.1 Å². The van der Waals surface area contributed by atoms with E-state index in [1.165, 1.54) is 0 Å². The number of hydrogen-bond acceptors (Lipinski definition) is 7. The van der Waals surface area contributed by atoms with Crippen LogP contribution in [0.2, 0.25) is 0 Å². The van der Waals surface area contributed by atoms with Crippen LogP contribution in [0.5, 0.6) is 0 Å². The van der Waals surface area contributed by atoms with Gasteiger partial charge in [-0.15, -0.1) is 0 Å². The lowest BCUT2D eigenvalue weighted by molar-refractivity contribution is -0.140. The third-order valence-corrected chi connectivity index (χ3v) is 4.41. The van der Waals surface area contributed by atoms with Crippen LogP contribution in [0.3, 0.4) is 0 Å². The molecule has 0 fully saturated rings. The van der Waals surface area contributed by atoms with Crippen LogP contribution in [-0.2, 0) is 24.0 Å². The molecule has 12 heteroatoms. The third-order valence-electron chi connectivity index (χ3n) is 4.02. The Morgan fingerprint density at radius 3 is 2.07 bits per heavy atom. The molecular formula is C16H28N4O7S. The minimum absolute atomic E-state index is 0.0690. The van der Waals surface area contributed by atoms with Crippen LogP contribution in [0.25, 0.3) is 0 Å². The first-order valence-electron chi connectivity index (χ1n) is 8.71. The summed E-state index contributed by atoms with van der Waals surface area (Å²) in [5.41, 5.74) is 5.60. The monoisotopic (exact) mass is 420 g/mol. The van der Waals surface area contributed by atoms with Crippen molar-refractivity contribution in [3.05, 3.63) is 0 Å². The Balaban J connectivity index is 5.30. The van der Waals surface area contributed by atoms with Crippen LogP contribution in [0.15, 0.2) is 0 Å². The van der Waals surface area contributed by atoms with Gasteiger partial charge in [0.2, 0.25) is 17.7 Å². The average Bonchev–Trinajstić information content (AvgIpc) is 2.65. The van der Waals surface area contributed by atoms with Crippen molar-refractivity contribution in [3.8, 4) is 0 Å². The van der Waals surface area contributed by atoms with Gasteiger partial charge in [-0.2, -0.15) is 12.6 Å². The van der Waals surface area contributed by atoms with Crippen molar-refractivity contribution >= 4 is 42.3 Å². The second kappa shape index (κ2) is 12.9. The van der Waals surface area contributed by atoms with Gasteiger partial charge in [0.1, 0.15) is 18.6 Å². The number of carboxylic acid groups (broad SMARTS) is 2. The van der Waals surface area contributed by atoms with Crippen molar-refractivity contribution in [1.29, 1.82) is 0 Å². The molecule has 0 aromatic heterocycles. The van der Waals surface area contributed by atoms with Crippen molar-refractivity contribution in [2.24, 2.45) is 11.7 Å². The lowest BCUT2D eigenvalue weighted by Gasteiger charge is -2.27. The van der Waals surface area contributed by atoms with Gasteiger partial charge >= 0.3 is 11.9 Å². The van der Waals surface area contributed by atoms with Crippen molar-refractivity contribution in [2.75, 3.05) is 12.3 Å².